The molecule has 43 heavy (non-hydrogen) atoms. The summed E-state index contributed by atoms with van der Waals surface area (Å²) in [6, 6.07) is 52.8. The summed E-state index contributed by atoms with van der Waals surface area (Å²) >= 11 is 4.75. The van der Waals surface area contributed by atoms with Crippen LogP contribution in [-0.4, -0.2) is 0 Å². The highest BCUT2D eigenvalue weighted by Gasteiger charge is 2.35. The van der Waals surface area contributed by atoms with Gasteiger partial charge in [-0.3, -0.25) is 0 Å². The number of hydrogen-bond acceptors (Lipinski definition) is 2. The lowest BCUT2D eigenvalue weighted by Crippen LogP contribution is -2.14. The van der Waals surface area contributed by atoms with Crippen LogP contribution in [0.25, 0.3) is 43.8 Å². The van der Waals surface area contributed by atoms with E-state index in [9.17, 15) is 0 Å². The van der Waals surface area contributed by atoms with E-state index in [0.717, 1.165) is 33.1 Å². The SMILES string of the molecule is CC1(C)c2ccccc2-c2cc3ccc4ccc(N(c5ccccc5)c5cccc(-c6ccccc6S)c5)cc4c3cc21. The van der Waals surface area contributed by atoms with Crippen LogP contribution in [0.4, 0.5) is 17.1 Å². The Bertz CT molecular complexity index is 2180. The first kappa shape index (κ1) is 25.9. The molecule has 0 atom stereocenters. The second-order valence-corrected chi connectivity index (χ2v) is 12.5. The van der Waals surface area contributed by atoms with Crippen molar-refractivity contribution >= 4 is 51.2 Å². The van der Waals surface area contributed by atoms with Crippen molar-refractivity contribution in [3.63, 3.8) is 0 Å². The molecule has 0 heterocycles. The van der Waals surface area contributed by atoms with Gasteiger partial charge in [0.1, 0.15) is 0 Å². The lowest BCUT2D eigenvalue weighted by atomic mass is 9.81. The normalized spacial score (nSPS) is 13.2. The third-order valence-corrected chi connectivity index (χ3v) is 9.51. The molecule has 1 nitrogen and oxygen atoms in total. The van der Waals surface area contributed by atoms with Crippen LogP contribution in [0.15, 0.2) is 150 Å². The molecule has 0 amide bonds. The third-order valence-electron chi connectivity index (χ3n) is 9.12. The Morgan fingerprint density at radius 3 is 1.95 bits per heavy atom. The van der Waals surface area contributed by atoms with Crippen LogP contribution < -0.4 is 4.90 Å². The fourth-order valence-corrected chi connectivity index (χ4v) is 7.22. The maximum atomic E-state index is 4.75. The van der Waals surface area contributed by atoms with Crippen molar-refractivity contribution < 1.29 is 0 Å². The van der Waals surface area contributed by atoms with Gasteiger partial charge in [-0.25, -0.2) is 0 Å². The molecule has 1 aliphatic rings. The van der Waals surface area contributed by atoms with Crippen molar-refractivity contribution in [2.24, 2.45) is 0 Å². The summed E-state index contributed by atoms with van der Waals surface area (Å²) in [5.41, 5.74) is 11.1. The number of thiol groups is 1. The number of hydrogen-bond donors (Lipinski definition) is 1. The van der Waals surface area contributed by atoms with Gasteiger partial charge in [0, 0.05) is 27.4 Å². The molecule has 1 aliphatic carbocycles. The number of fused-ring (bicyclic) bond motifs is 6. The Morgan fingerprint density at radius 2 is 1.12 bits per heavy atom. The molecule has 8 rings (SSSR count). The molecule has 0 aliphatic heterocycles. The van der Waals surface area contributed by atoms with Gasteiger partial charge in [-0.05, 0) is 110 Å². The van der Waals surface area contributed by atoms with Gasteiger partial charge in [-0.1, -0.05) is 105 Å². The quantitative estimate of drug-likeness (QED) is 0.163. The molecule has 0 radical (unpaired) electrons. The van der Waals surface area contributed by atoms with E-state index in [4.69, 9.17) is 12.6 Å². The largest absolute Gasteiger partial charge is 0.310 e. The fourth-order valence-electron chi connectivity index (χ4n) is 6.93. The maximum absolute atomic E-state index is 4.75. The molecule has 0 aromatic heterocycles. The zero-order valence-corrected chi connectivity index (χ0v) is 25.1. The summed E-state index contributed by atoms with van der Waals surface area (Å²) in [6.45, 7) is 4.71. The molecule has 0 saturated heterocycles. The van der Waals surface area contributed by atoms with Crippen LogP contribution in [0.3, 0.4) is 0 Å². The average molecular weight is 570 g/mol. The van der Waals surface area contributed by atoms with E-state index >= 15 is 0 Å². The molecule has 0 N–H and O–H groups in total. The summed E-state index contributed by atoms with van der Waals surface area (Å²) in [4.78, 5) is 3.33. The molecule has 0 spiro atoms. The summed E-state index contributed by atoms with van der Waals surface area (Å²) in [5, 5.41) is 5.08. The lowest BCUT2D eigenvalue weighted by molar-refractivity contribution is 0.661. The molecule has 7 aromatic carbocycles. The number of rotatable bonds is 4. The van der Waals surface area contributed by atoms with Gasteiger partial charge in [0.05, 0.1) is 0 Å². The van der Waals surface area contributed by atoms with Crippen LogP contribution in [0, 0.1) is 0 Å². The van der Waals surface area contributed by atoms with Crippen molar-refractivity contribution in [3.8, 4) is 22.3 Å². The Hall–Kier alpha value is -4.79. The van der Waals surface area contributed by atoms with Gasteiger partial charge in [0.2, 0.25) is 0 Å². The van der Waals surface area contributed by atoms with Crippen LogP contribution in [0.2, 0.25) is 0 Å². The molecule has 0 saturated carbocycles. The van der Waals surface area contributed by atoms with Crippen molar-refractivity contribution in [3.05, 3.63) is 157 Å². The highest BCUT2D eigenvalue weighted by atomic mass is 32.1. The first-order valence-electron chi connectivity index (χ1n) is 14.8. The molecular formula is C41H31NS. The van der Waals surface area contributed by atoms with E-state index in [2.05, 4.69) is 152 Å². The van der Waals surface area contributed by atoms with Crippen molar-refractivity contribution in [1.82, 2.24) is 0 Å². The van der Waals surface area contributed by atoms with E-state index in [1.54, 1.807) is 0 Å². The Morgan fingerprint density at radius 1 is 0.465 bits per heavy atom. The van der Waals surface area contributed by atoms with E-state index in [-0.39, 0.29) is 5.41 Å². The van der Waals surface area contributed by atoms with Gasteiger partial charge in [-0.2, -0.15) is 0 Å². The van der Waals surface area contributed by atoms with Crippen LogP contribution in [-0.2, 0) is 5.41 Å². The van der Waals surface area contributed by atoms with E-state index in [1.807, 2.05) is 12.1 Å². The molecule has 0 unspecified atom stereocenters. The summed E-state index contributed by atoms with van der Waals surface area (Å²) in [5.74, 6) is 0. The van der Waals surface area contributed by atoms with E-state index in [0.29, 0.717) is 0 Å². The van der Waals surface area contributed by atoms with Crippen molar-refractivity contribution in [2.45, 2.75) is 24.2 Å². The zero-order valence-electron chi connectivity index (χ0n) is 24.3. The van der Waals surface area contributed by atoms with Crippen molar-refractivity contribution in [2.75, 3.05) is 4.90 Å². The molecule has 0 fully saturated rings. The maximum Gasteiger partial charge on any atom is 0.0468 e. The number of nitrogens with zero attached hydrogens (tertiary/aromatic N) is 1. The van der Waals surface area contributed by atoms with Gasteiger partial charge in [0.15, 0.2) is 0 Å². The standard InChI is InChI=1S/C41H31NS/c1-41(2)38-17-8-6-16-34(38)37-24-29-20-19-27-21-22-32(25-35(27)36(29)26-39(37)41)42(30-12-4-3-5-13-30)31-14-10-11-28(23-31)33-15-7-9-18-40(33)43/h3-26,43H,1-2H3. The third kappa shape index (κ3) is 4.17. The van der Waals surface area contributed by atoms with Gasteiger partial charge < -0.3 is 4.90 Å². The average Bonchev–Trinajstić information content (AvgIpc) is 3.27. The van der Waals surface area contributed by atoms with Crippen molar-refractivity contribution in [1.29, 1.82) is 0 Å². The number of anilines is 3. The second kappa shape index (κ2) is 9.90. The second-order valence-electron chi connectivity index (χ2n) is 12.0. The highest BCUT2D eigenvalue weighted by Crippen LogP contribution is 2.50. The minimum absolute atomic E-state index is 0.0420. The monoisotopic (exact) mass is 569 g/mol. The molecule has 0 bridgehead atoms. The lowest BCUT2D eigenvalue weighted by Gasteiger charge is -2.26. The fraction of sp³-hybridized carbons (Fsp3) is 0.0732. The minimum Gasteiger partial charge on any atom is -0.310 e. The Balaban J connectivity index is 1.33. The Labute approximate surface area is 258 Å². The highest BCUT2D eigenvalue weighted by molar-refractivity contribution is 7.80. The molecule has 206 valence electrons. The summed E-state index contributed by atoms with van der Waals surface area (Å²) in [7, 11) is 0. The van der Waals surface area contributed by atoms with Crippen LogP contribution in [0.5, 0.6) is 0 Å². The van der Waals surface area contributed by atoms with E-state index in [1.165, 1.54) is 43.8 Å². The predicted molar refractivity (Wildman–Crippen MR) is 186 cm³/mol. The van der Waals surface area contributed by atoms with Gasteiger partial charge in [-0.15, -0.1) is 12.6 Å². The molecule has 2 heteroatoms. The van der Waals surface area contributed by atoms with Gasteiger partial charge >= 0.3 is 0 Å². The topological polar surface area (TPSA) is 3.24 Å². The predicted octanol–water partition coefficient (Wildman–Crippen LogP) is 11.7. The first-order chi connectivity index (χ1) is 21.0. The molecule has 7 aromatic rings. The van der Waals surface area contributed by atoms with Crippen LogP contribution in [0.1, 0.15) is 25.0 Å². The smallest absolute Gasteiger partial charge is 0.0468 e. The number of para-hydroxylation sites is 1. The van der Waals surface area contributed by atoms with E-state index < -0.39 is 0 Å². The summed E-state index contributed by atoms with van der Waals surface area (Å²) in [6.07, 6.45) is 0. The first-order valence-corrected chi connectivity index (χ1v) is 15.3. The van der Waals surface area contributed by atoms with Crippen LogP contribution >= 0.6 is 12.6 Å². The Kier molecular flexibility index (Phi) is 5.96. The number of benzene rings is 7. The zero-order chi connectivity index (χ0) is 29.1. The van der Waals surface area contributed by atoms with Gasteiger partial charge in [0.25, 0.3) is 0 Å². The minimum atomic E-state index is -0.0420. The molecular weight excluding hydrogens is 539 g/mol. The summed E-state index contributed by atoms with van der Waals surface area (Å²) < 4.78 is 0.